The zero-order chi connectivity index (χ0) is 13.2. The van der Waals surface area contributed by atoms with E-state index < -0.39 is 0 Å². The van der Waals surface area contributed by atoms with Gasteiger partial charge in [0.25, 0.3) is 0 Å². The van der Waals surface area contributed by atoms with Gasteiger partial charge < -0.3 is 10.3 Å². The Morgan fingerprint density at radius 1 is 1.26 bits per heavy atom. The van der Waals surface area contributed by atoms with E-state index in [0.29, 0.717) is 6.54 Å². The van der Waals surface area contributed by atoms with Crippen molar-refractivity contribution in [2.45, 2.75) is 26.6 Å². The van der Waals surface area contributed by atoms with E-state index in [-0.39, 0.29) is 0 Å². The molecule has 2 N–H and O–H groups in total. The van der Waals surface area contributed by atoms with Crippen molar-refractivity contribution >= 4 is 10.9 Å². The molecular weight excluding hydrogens is 238 g/mol. The Bertz CT molecular complexity index is 695. The molecule has 5 heteroatoms. The fourth-order valence-corrected chi connectivity index (χ4v) is 2.32. The van der Waals surface area contributed by atoms with Crippen LogP contribution in [0.25, 0.3) is 10.9 Å². The molecule has 2 aromatic heterocycles. The third kappa shape index (κ3) is 2.13. The molecule has 2 heterocycles. The van der Waals surface area contributed by atoms with Gasteiger partial charge in [-0.2, -0.15) is 5.10 Å². The number of aryl methyl sites for hydroxylation is 1. The van der Waals surface area contributed by atoms with Crippen LogP contribution in [-0.4, -0.2) is 19.3 Å². The molecule has 1 aromatic carbocycles. The number of rotatable bonds is 4. The molecule has 0 fully saturated rings. The Balaban J connectivity index is 2.01. The minimum absolute atomic E-state index is 0.562. The van der Waals surface area contributed by atoms with Crippen molar-refractivity contribution in [2.75, 3.05) is 0 Å². The molecule has 0 spiro atoms. The second kappa shape index (κ2) is 4.85. The standard InChI is InChI=1S/C14H17N5/c1-2-19-14(16-10-17-19)9-18-6-5-12-4-3-11(8-15)7-13(12)18/h3-7,10H,2,8-9,15H2,1H3. The van der Waals surface area contributed by atoms with Gasteiger partial charge >= 0.3 is 0 Å². The minimum Gasteiger partial charge on any atom is -0.340 e. The van der Waals surface area contributed by atoms with E-state index in [1.165, 1.54) is 10.9 Å². The van der Waals surface area contributed by atoms with Crippen molar-refractivity contribution in [1.82, 2.24) is 19.3 Å². The molecule has 5 nitrogen and oxygen atoms in total. The van der Waals surface area contributed by atoms with Crippen LogP contribution in [0.15, 0.2) is 36.8 Å². The van der Waals surface area contributed by atoms with Gasteiger partial charge in [0.2, 0.25) is 0 Å². The van der Waals surface area contributed by atoms with Crippen LogP contribution in [0.3, 0.4) is 0 Å². The number of nitrogens with zero attached hydrogens (tertiary/aromatic N) is 4. The fraction of sp³-hybridized carbons (Fsp3) is 0.286. The summed E-state index contributed by atoms with van der Waals surface area (Å²) in [6.07, 6.45) is 3.69. The summed E-state index contributed by atoms with van der Waals surface area (Å²) < 4.78 is 4.10. The summed E-state index contributed by atoms with van der Waals surface area (Å²) in [6.45, 7) is 4.19. The van der Waals surface area contributed by atoms with E-state index >= 15 is 0 Å². The molecule has 0 aliphatic rings. The highest BCUT2D eigenvalue weighted by Crippen LogP contribution is 2.18. The van der Waals surface area contributed by atoms with Gasteiger partial charge in [-0.15, -0.1) is 0 Å². The molecule has 3 rings (SSSR count). The summed E-state index contributed by atoms with van der Waals surface area (Å²) in [4.78, 5) is 4.32. The Kier molecular flexibility index (Phi) is 3.05. The topological polar surface area (TPSA) is 61.7 Å². The molecule has 98 valence electrons. The van der Waals surface area contributed by atoms with Crippen molar-refractivity contribution in [3.05, 3.63) is 48.2 Å². The number of nitrogens with two attached hydrogens (primary N) is 1. The largest absolute Gasteiger partial charge is 0.340 e. The van der Waals surface area contributed by atoms with E-state index in [0.717, 1.165) is 24.5 Å². The maximum atomic E-state index is 5.71. The summed E-state index contributed by atoms with van der Waals surface area (Å²) >= 11 is 0. The van der Waals surface area contributed by atoms with Crippen LogP contribution in [0.1, 0.15) is 18.3 Å². The second-order valence-corrected chi connectivity index (χ2v) is 4.53. The average molecular weight is 255 g/mol. The lowest BCUT2D eigenvalue weighted by molar-refractivity contribution is 0.597. The first-order valence-electron chi connectivity index (χ1n) is 6.46. The highest BCUT2D eigenvalue weighted by atomic mass is 15.3. The van der Waals surface area contributed by atoms with Gasteiger partial charge in [0.05, 0.1) is 6.54 Å². The zero-order valence-electron chi connectivity index (χ0n) is 11.0. The van der Waals surface area contributed by atoms with Gasteiger partial charge in [-0.05, 0) is 30.0 Å². The molecule has 0 atom stereocenters. The van der Waals surface area contributed by atoms with E-state index in [9.17, 15) is 0 Å². The molecule has 0 saturated carbocycles. The second-order valence-electron chi connectivity index (χ2n) is 4.53. The van der Waals surface area contributed by atoms with Crippen LogP contribution in [-0.2, 0) is 19.6 Å². The number of aromatic nitrogens is 4. The van der Waals surface area contributed by atoms with E-state index in [2.05, 4.69) is 52.0 Å². The van der Waals surface area contributed by atoms with Crippen molar-refractivity contribution in [2.24, 2.45) is 5.73 Å². The summed E-state index contributed by atoms with van der Waals surface area (Å²) in [5, 5.41) is 5.42. The predicted molar refractivity (Wildman–Crippen MR) is 74.6 cm³/mol. The maximum Gasteiger partial charge on any atom is 0.146 e. The third-order valence-electron chi connectivity index (χ3n) is 3.38. The normalized spacial score (nSPS) is 11.3. The van der Waals surface area contributed by atoms with Crippen LogP contribution in [0.4, 0.5) is 0 Å². The first kappa shape index (κ1) is 11.9. The van der Waals surface area contributed by atoms with E-state index in [4.69, 9.17) is 5.73 Å². The average Bonchev–Trinajstić information content (AvgIpc) is 3.06. The summed E-state index contributed by atoms with van der Waals surface area (Å²) in [5.74, 6) is 0.971. The van der Waals surface area contributed by atoms with Gasteiger partial charge in [-0.1, -0.05) is 12.1 Å². The lowest BCUT2D eigenvalue weighted by atomic mass is 10.1. The minimum atomic E-state index is 0.562. The maximum absolute atomic E-state index is 5.71. The lowest BCUT2D eigenvalue weighted by Gasteiger charge is -2.07. The molecule has 0 saturated heterocycles. The Hall–Kier alpha value is -2.14. The Morgan fingerprint density at radius 3 is 2.95 bits per heavy atom. The molecule has 0 radical (unpaired) electrons. The molecular formula is C14H17N5. The number of benzene rings is 1. The van der Waals surface area contributed by atoms with Crippen molar-refractivity contribution in [1.29, 1.82) is 0 Å². The number of hydrogen-bond donors (Lipinski definition) is 1. The first-order chi connectivity index (χ1) is 9.31. The van der Waals surface area contributed by atoms with Crippen LogP contribution < -0.4 is 5.73 Å². The SMILES string of the molecule is CCn1ncnc1Cn1ccc2ccc(CN)cc21. The molecule has 0 bridgehead atoms. The van der Waals surface area contributed by atoms with Crippen LogP contribution in [0.5, 0.6) is 0 Å². The van der Waals surface area contributed by atoms with E-state index in [1.54, 1.807) is 6.33 Å². The predicted octanol–water partition coefficient (Wildman–Crippen LogP) is 1.76. The Labute approximate surface area is 111 Å². The highest BCUT2D eigenvalue weighted by molar-refractivity contribution is 5.80. The van der Waals surface area contributed by atoms with Crippen molar-refractivity contribution < 1.29 is 0 Å². The molecule has 3 aromatic rings. The smallest absolute Gasteiger partial charge is 0.146 e. The summed E-state index contributed by atoms with van der Waals surface area (Å²) in [5.41, 5.74) is 8.04. The lowest BCUT2D eigenvalue weighted by Crippen LogP contribution is -2.08. The molecule has 19 heavy (non-hydrogen) atoms. The van der Waals surface area contributed by atoms with Gasteiger partial charge in [0.15, 0.2) is 0 Å². The highest BCUT2D eigenvalue weighted by Gasteiger charge is 2.07. The molecule has 0 aliphatic carbocycles. The van der Waals surface area contributed by atoms with Crippen LogP contribution in [0.2, 0.25) is 0 Å². The van der Waals surface area contributed by atoms with Crippen molar-refractivity contribution in [3.8, 4) is 0 Å². The van der Waals surface area contributed by atoms with E-state index in [1.807, 2.05) is 4.68 Å². The summed E-state index contributed by atoms with van der Waals surface area (Å²) in [6, 6.07) is 8.43. The van der Waals surface area contributed by atoms with Gasteiger partial charge in [-0.25, -0.2) is 9.67 Å². The van der Waals surface area contributed by atoms with Gasteiger partial charge in [0, 0.05) is 24.8 Å². The van der Waals surface area contributed by atoms with Crippen molar-refractivity contribution in [3.63, 3.8) is 0 Å². The third-order valence-corrected chi connectivity index (χ3v) is 3.38. The zero-order valence-corrected chi connectivity index (χ0v) is 11.0. The van der Waals surface area contributed by atoms with Crippen LogP contribution in [0, 0.1) is 0 Å². The van der Waals surface area contributed by atoms with Crippen LogP contribution >= 0.6 is 0 Å². The molecule has 0 unspecified atom stereocenters. The van der Waals surface area contributed by atoms with Gasteiger partial charge in [0.1, 0.15) is 12.2 Å². The number of fused-ring (bicyclic) bond motifs is 1. The quantitative estimate of drug-likeness (QED) is 0.772. The first-order valence-corrected chi connectivity index (χ1v) is 6.46. The van der Waals surface area contributed by atoms with Gasteiger partial charge in [-0.3, -0.25) is 0 Å². The summed E-state index contributed by atoms with van der Waals surface area (Å²) in [7, 11) is 0. The molecule has 0 aliphatic heterocycles. The molecule has 0 amide bonds. The monoisotopic (exact) mass is 255 g/mol. The number of hydrogen-bond acceptors (Lipinski definition) is 3. The fourth-order valence-electron chi connectivity index (χ4n) is 2.32. The Morgan fingerprint density at radius 2 is 2.16 bits per heavy atom.